The molecule has 0 aliphatic carbocycles. The van der Waals surface area contributed by atoms with E-state index in [1.165, 1.54) is 7.11 Å². The number of hydrogen-bond acceptors (Lipinski definition) is 5. The predicted octanol–water partition coefficient (Wildman–Crippen LogP) is 2.48. The van der Waals surface area contributed by atoms with Crippen LogP contribution in [0.4, 0.5) is 0 Å². The van der Waals surface area contributed by atoms with Crippen molar-refractivity contribution in [2.24, 2.45) is 0 Å². The van der Waals surface area contributed by atoms with E-state index in [0.29, 0.717) is 5.75 Å². The number of benzene rings is 1. The highest BCUT2D eigenvalue weighted by molar-refractivity contribution is 7.45. The number of carbonyl (C=O) groups excluding carboxylic acids is 1. The summed E-state index contributed by atoms with van der Waals surface area (Å²) in [5.74, 6) is 0.362. The Bertz CT molecular complexity index is 358. The fraction of sp³-hybridized carbons (Fsp3) is 0.417. The van der Waals surface area contributed by atoms with Gasteiger partial charge in [-0.05, 0) is 26.0 Å². The number of esters is 1. The van der Waals surface area contributed by atoms with Gasteiger partial charge < -0.3 is 13.8 Å². The zero-order valence-corrected chi connectivity index (χ0v) is 11.6. The van der Waals surface area contributed by atoms with Crippen LogP contribution < -0.4 is 9.61 Å². The maximum Gasteiger partial charge on any atom is 0.320 e. The molecular weight excluding hydrogens is 253 g/mol. The third-order valence-corrected chi connectivity index (χ3v) is 2.94. The van der Waals surface area contributed by atoms with E-state index in [4.69, 9.17) is 13.8 Å². The van der Waals surface area contributed by atoms with Crippen LogP contribution in [-0.4, -0.2) is 25.7 Å². The molecular formula is C12H18NO4P. The Labute approximate surface area is 108 Å². The van der Waals surface area contributed by atoms with E-state index in [0.717, 1.165) is 0 Å². The van der Waals surface area contributed by atoms with E-state index in [2.05, 4.69) is 5.09 Å². The van der Waals surface area contributed by atoms with Crippen LogP contribution >= 0.6 is 8.53 Å². The molecule has 1 aromatic rings. The lowest BCUT2D eigenvalue weighted by Gasteiger charge is -2.16. The second-order valence-electron chi connectivity index (χ2n) is 3.72. The second-order valence-corrected chi connectivity index (χ2v) is 5.10. The molecule has 0 aromatic heterocycles. The molecule has 1 aromatic carbocycles. The molecule has 5 nitrogen and oxygen atoms in total. The van der Waals surface area contributed by atoms with Crippen LogP contribution in [0.5, 0.6) is 5.75 Å². The number of rotatable bonds is 7. The first kappa shape index (κ1) is 14.9. The summed E-state index contributed by atoms with van der Waals surface area (Å²) in [5, 5.41) is 2.87. The average molecular weight is 271 g/mol. The maximum absolute atomic E-state index is 11.3. The standard InChI is InChI=1S/C12H18NO4P/c1-10(2)16-12(14)9-13-18(15-3)17-11-7-5-4-6-8-11/h4-8,10,13H,9H2,1-3H3. The Morgan fingerprint density at radius 3 is 2.56 bits per heavy atom. The molecule has 0 bridgehead atoms. The summed E-state index contributed by atoms with van der Waals surface area (Å²) >= 11 is 0. The molecule has 0 spiro atoms. The van der Waals surface area contributed by atoms with Crippen LogP contribution in [0, 0.1) is 0 Å². The van der Waals surface area contributed by atoms with Gasteiger partial charge in [0.1, 0.15) is 12.3 Å². The van der Waals surface area contributed by atoms with Gasteiger partial charge >= 0.3 is 14.5 Å². The normalized spacial score (nSPS) is 12.2. The van der Waals surface area contributed by atoms with Gasteiger partial charge in [-0.1, -0.05) is 18.2 Å². The molecule has 0 radical (unpaired) electrons. The van der Waals surface area contributed by atoms with Crippen LogP contribution in [0.1, 0.15) is 13.8 Å². The molecule has 0 heterocycles. The van der Waals surface area contributed by atoms with Crippen molar-refractivity contribution in [3.8, 4) is 5.75 Å². The minimum Gasteiger partial charge on any atom is -0.462 e. The van der Waals surface area contributed by atoms with E-state index >= 15 is 0 Å². The van der Waals surface area contributed by atoms with Gasteiger partial charge in [-0.3, -0.25) is 4.79 Å². The Balaban J connectivity index is 2.36. The number of carbonyl (C=O) groups is 1. The minimum atomic E-state index is -1.34. The quantitative estimate of drug-likeness (QED) is 0.610. The van der Waals surface area contributed by atoms with Gasteiger partial charge in [0.2, 0.25) is 0 Å². The zero-order chi connectivity index (χ0) is 13.4. The van der Waals surface area contributed by atoms with Gasteiger partial charge in [0.05, 0.1) is 6.10 Å². The van der Waals surface area contributed by atoms with Crippen LogP contribution in [0.3, 0.4) is 0 Å². The van der Waals surface area contributed by atoms with Crippen molar-refractivity contribution in [1.82, 2.24) is 5.09 Å². The van der Waals surface area contributed by atoms with Crippen LogP contribution in [0.2, 0.25) is 0 Å². The first-order valence-electron chi connectivity index (χ1n) is 5.62. The first-order valence-corrected chi connectivity index (χ1v) is 6.80. The minimum absolute atomic E-state index is 0.0601. The van der Waals surface area contributed by atoms with E-state index in [-0.39, 0.29) is 18.6 Å². The molecule has 0 aliphatic heterocycles. The summed E-state index contributed by atoms with van der Waals surface area (Å²) in [7, 11) is 0.180. The van der Waals surface area contributed by atoms with Gasteiger partial charge in [0, 0.05) is 7.11 Å². The number of hydrogen-bond donors (Lipinski definition) is 1. The topological polar surface area (TPSA) is 56.8 Å². The van der Waals surface area contributed by atoms with Gasteiger partial charge in [0.15, 0.2) is 0 Å². The Hall–Kier alpha value is -1.16. The van der Waals surface area contributed by atoms with Crippen molar-refractivity contribution in [2.45, 2.75) is 20.0 Å². The fourth-order valence-corrected chi connectivity index (χ4v) is 1.98. The first-order chi connectivity index (χ1) is 8.61. The summed E-state index contributed by atoms with van der Waals surface area (Å²) < 4.78 is 15.7. The van der Waals surface area contributed by atoms with Crippen LogP contribution in [-0.2, 0) is 14.1 Å². The number of ether oxygens (including phenoxy) is 1. The summed E-state index contributed by atoms with van der Waals surface area (Å²) in [6, 6.07) is 9.28. The van der Waals surface area contributed by atoms with Crippen LogP contribution in [0.15, 0.2) is 30.3 Å². The maximum atomic E-state index is 11.3. The Morgan fingerprint density at radius 2 is 2.00 bits per heavy atom. The lowest BCUT2D eigenvalue weighted by atomic mass is 10.3. The van der Waals surface area contributed by atoms with Gasteiger partial charge in [-0.2, -0.15) is 0 Å². The van der Waals surface area contributed by atoms with Crippen LogP contribution in [0.25, 0.3) is 0 Å². The summed E-state index contributed by atoms with van der Waals surface area (Å²) in [6.07, 6.45) is -0.122. The molecule has 1 atom stereocenters. The molecule has 0 amide bonds. The molecule has 1 rings (SSSR count). The molecule has 0 saturated heterocycles. The van der Waals surface area contributed by atoms with Gasteiger partial charge in [-0.25, -0.2) is 5.09 Å². The van der Waals surface area contributed by atoms with Crippen molar-refractivity contribution >= 4 is 14.5 Å². The lowest BCUT2D eigenvalue weighted by molar-refractivity contribution is -0.145. The smallest absolute Gasteiger partial charge is 0.320 e. The summed E-state index contributed by atoms with van der Waals surface area (Å²) in [6.45, 7) is 3.67. The number of nitrogens with one attached hydrogen (secondary N) is 1. The highest BCUT2D eigenvalue weighted by Gasteiger charge is 2.14. The fourth-order valence-electron chi connectivity index (χ4n) is 1.14. The van der Waals surface area contributed by atoms with E-state index in [1.807, 2.05) is 30.3 Å². The Morgan fingerprint density at radius 1 is 1.33 bits per heavy atom. The largest absolute Gasteiger partial charge is 0.462 e. The van der Waals surface area contributed by atoms with Gasteiger partial charge in [0.25, 0.3) is 0 Å². The highest BCUT2D eigenvalue weighted by Crippen LogP contribution is 2.33. The van der Waals surface area contributed by atoms with E-state index < -0.39 is 8.53 Å². The van der Waals surface area contributed by atoms with E-state index in [1.54, 1.807) is 13.8 Å². The lowest BCUT2D eigenvalue weighted by Crippen LogP contribution is -2.24. The third-order valence-electron chi connectivity index (χ3n) is 1.82. The molecule has 100 valence electrons. The molecule has 0 saturated carbocycles. The molecule has 1 N–H and O–H groups in total. The van der Waals surface area contributed by atoms with Crippen molar-refractivity contribution in [3.63, 3.8) is 0 Å². The molecule has 1 unspecified atom stereocenters. The van der Waals surface area contributed by atoms with E-state index in [9.17, 15) is 4.79 Å². The molecule has 18 heavy (non-hydrogen) atoms. The van der Waals surface area contributed by atoms with Crippen molar-refractivity contribution < 1.29 is 18.6 Å². The second kappa shape index (κ2) is 8.03. The summed E-state index contributed by atoms with van der Waals surface area (Å²) in [4.78, 5) is 11.3. The third kappa shape index (κ3) is 5.96. The predicted molar refractivity (Wildman–Crippen MR) is 70.2 cm³/mol. The molecule has 6 heteroatoms. The van der Waals surface area contributed by atoms with Crippen molar-refractivity contribution in [1.29, 1.82) is 0 Å². The van der Waals surface area contributed by atoms with Crippen molar-refractivity contribution in [2.75, 3.05) is 13.7 Å². The highest BCUT2D eigenvalue weighted by atomic mass is 31.2. The number of para-hydroxylation sites is 1. The van der Waals surface area contributed by atoms with Crippen molar-refractivity contribution in [3.05, 3.63) is 30.3 Å². The Kier molecular flexibility index (Phi) is 6.65. The van der Waals surface area contributed by atoms with Gasteiger partial charge in [-0.15, -0.1) is 0 Å². The SMILES string of the molecule is COP(NCC(=O)OC(C)C)Oc1ccccc1. The molecule has 0 fully saturated rings. The molecule has 0 aliphatic rings. The summed E-state index contributed by atoms with van der Waals surface area (Å²) in [5.41, 5.74) is 0. The zero-order valence-electron chi connectivity index (χ0n) is 10.8. The average Bonchev–Trinajstić information content (AvgIpc) is 2.35. The monoisotopic (exact) mass is 271 g/mol.